The lowest BCUT2D eigenvalue weighted by molar-refractivity contribution is 0.898. The molecule has 0 spiro atoms. The standard InChI is InChI=1S/C15H16Cl2N2OS2/c1-9(2)21-8-12-6-14(20)19-15(18-12)22-7-10-3-4-11(16)5-13(10)17/h3-6,9H,7-8H2,1-2H3,(H,18,19,20). The molecule has 118 valence electrons. The van der Waals surface area contributed by atoms with Gasteiger partial charge in [-0.25, -0.2) is 4.98 Å². The molecule has 0 radical (unpaired) electrons. The van der Waals surface area contributed by atoms with Gasteiger partial charge in [0.2, 0.25) is 0 Å². The van der Waals surface area contributed by atoms with Gasteiger partial charge in [-0.1, -0.05) is 54.9 Å². The fraction of sp³-hybridized carbons (Fsp3) is 0.333. The Hall–Kier alpha value is -0.620. The van der Waals surface area contributed by atoms with E-state index in [9.17, 15) is 4.79 Å². The van der Waals surface area contributed by atoms with Crippen molar-refractivity contribution in [3.05, 3.63) is 55.9 Å². The second kappa shape index (κ2) is 8.29. The first kappa shape index (κ1) is 17.7. The molecular weight excluding hydrogens is 359 g/mol. The van der Waals surface area contributed by atoms with Gasteiger partial charge in [0.15, 0.2) is 5.16 Å². The zero-order valence-electron chi connectivity index (χ0n) is 12.2. The van der Waals surface area contributed by atoms with Crippen molar-refractivity contribution in [2.45, 2.75) is 35.8 Å². The minimum Gasteiger partial charge on any atom is -0.301 e. The van der Waals surface area contributed by atoms with Gasteiger partial charge >= 0.3 is 0 Å². The number of nitrogens with one attached hydrogen (secondary N) is 1. The molecule has 1 N–H and O–H groups in total. The predicted molar refractivity (Wildman–Crippen MR) is 97.3 cm³/mol. The molecule has 1 aromatic carbocycles. The third-order valence-corrected chi connectivity index (χ3v) is 5.36. The van der Waals surface area contributed by atoms with Crippen LogP contribution in [0, 0.1) is 0 Å². The van der Waals surface area contributed by atoms with E-state index < -0.39 is 0 Å². The first-order valence-corrected chi connectivity index (χ1v) is 9.51. The third kappa shape index (κ3) is 5.54. The zero-order valence-corrected chi connectivity index (χ0v) is 15.4. The molecule has 0 atom stereocenters. The van der Waals surface area contributed by atoms with Crippen LogP contribution in [0.25, 0.3) is 0 Å². The summed E-state index contributed by atoms with van der Waals surface area (Å²) in [5, 5.41) is 2.34. The highest BCUT2D eigenvalue weighted by molar-refractivity contribution is 7.99. The Labute approximate surface area is 148 Å². The molecule has 7 heteroatoms. The molecule has 0 amide bonds. The summed E-state index contributed by atoms with van der Waals surface area (Å²) in [5.74, 6) is 1.36. The average molecular weight is 375 g/mol. The van der Waals surface area contributed by atoms with Gasteiger partial charge in [0.1, 0.15) is 0 Å². The minimum atomic E-state index is -0.126. The Morgan fingerprint density at radius 1 is 1.23 bits per heavy atom. The topological polar surface area (TPSA) is 45.8 Å². The van der Waals surface area contributed by atoms with Crippen LogP contribution in [-0.4, -0.2) is 15.2 Å². The monoisotopic (exact) mass is 374 g/mol. The maximum atomic E-state index is 11.7. The second-order valence-corrected chi connectivity index (χ2v) is 8.30. The molecule has 0 aliphatic heterocycles. The van der Waals surface area contributed by atoms with E-state index in [4.69, 9.17) is 23.2 Å². The number of rotatable bonds is 6. The smallest absolute Gasteiger partial charge is 0.251 e. The molecule has 1 aromatic heterocycles. The Kier molecular flexibility index (Phi) is 6.68. The van der Waals surface area contributed by atoms with Crippen molar-refractivity contribution in [2.24, 2.45) is 0 Å². The van der Waals surface area contributed by atoms with E-state index in [1.54, 1.807) is 30.0 Å². The van der Waals surface area contributed by atoms with E-state index in [1.165, 1.54) is 11.8 Å². The number of hydrogen-bond acceptors (Lipinski definition) is 4. The molecule has 0 aliphatic carbocycles. The van der Waals surface area contributed by atoms with Crippen molar-refractivity contribution in [1.29, 1.82) is 0 Å². The van der Waals surface area contributed by atoms with Gasteiger partial charge in [0, 0.05) is 27.6 Å². The van der Waals surface area contributed by atoms with Crippen molar-refractivity contribution >= 4 is 46.7 Å². The lowest BCUT2D eigenvalue weighted by atomic mass is 10.2. The number of halogens is 2. The molecule has 0 saturated carbocycles. The Morgan fingerprint density at radius 2 is 2.00 bits per heavy atom. The summed E-state index contributed by atoms with van der Waals surface area (Å²) in [5.41, 5.74) is 1.63. The summed E-state index contributed by atoms with van der Waals surface area (Å²) < 4.78 is 0. The number of hydrogen-bond donors (Lipinski definition) is 1. The van der Waals surface area contributed by atoms with E-state index in [2.05, 4.69) is 23.8 Å². The largest absolute Gasteiger partial charge is 0.301 e. The number of nitrogens with zero attached hydrogens (tertiary/aromatic N) is 1. The highest BCUT2D eigenvalue weighted by Gasteiger charge is 2.07. The highest BCUT2D eigenvalue weighted by atomic mass is 35.5. The van der Waals surface area contributed by atoms with Crippen LogP contribution in [0.3, 0.4) is 0 Å². The van der Waals surface area contributed by atoms with Crippen molar-refractivity contribution in [1.82, 2.24) is 9.97 Å². The van der Waals surface area contributed by atoms with E-state index in [0.717, 1.165) is 17.0 Å². The highest BCUT2D eigenvalue weighted by Crippen LogP contribution is 2.27. The van der Waals surface area contributed by atoms with E-state index in [1.807, 2.05) is 6.07 Å². The van der Waals surface area contributed by atoms with E-state index >= 15 is 0 Å². The fourth-order valence-corrected chi connectivity index (χ4v) is 3.77. The van der Waals surface area contributed by atoms with Gasteiger partial charge in [0.05, 0.1) is 5.69 Å². The number of aromatic amines is 1. The van der Waals surface area contributed by atoms with Crippen LogP contribution in [0.2, 0.25) is 10.0 Å². The molecular formula is C15H16Cl2N2OS2. The minimum absolute atomic E-state index is 0.126. The fourth-order valence-electron chi connectivity index (χ4n) is 1.66. The number of thioether (sulfide) groups is 2. The summed E-state index contributed by atoms with van der Waals surface area (Å²) in [4.78, 5) is 19.0. The van der Waals surface area contributed by atoms with Crippen molar-refractivity contribution in [3.63, 3.8) is 0 Å². The summed E-state index contributed by atoms with van der Waals surface area (Å²) in [7, 11) is 0. The number of H-pyrrole nitrogens is 1. The van der Waals surface area contributed by atoms with Gasteiger partial charge in [-0.3, -0.25) is 4.79 Å². The van der Waals surface area contributed by atoms with Gasteiger partial charge in [-0.05, 0) is 22.9 Å². The molecule has 0 unspecified atom stereocenters. The molecule has 2 rings (SSSR count). The summed E-state index contributed by atoms with van der Waals surface area (Å²) >= 11 is 15.2. The van der Waals surface area contributed by atoms with Crippen LogP contribution in [0.1, 0.15) is 25.1 Å². The summed E-state index contributed by atoms with van der Waals surface area (Å²) in [6.45, 7) is 4.24. The van der Waals surface area contributed by atoms with Crippen LogP contribution in [-0.2, 0) is 11.5 Å². The van der Waals surface area contributed by atoms with Crippen LogP contribution in [0.4, 0.5) is 0 Å². The van der Waals surface area contributed by atoms with Gasteiger partial charge in [-0.2, -0.15) is 11.8 Å². The Morgan fingerprint density at radius 3 is 2.68 bits per heavy atom. The van der Waals surface area contributed by atoms with Crippen molar-refractivity contribution in [3.8, 4) is 0 Å². The van der Waals surface area contributed by atoms with Gasteiger partial charge in [-0.15, -0.1) is 0 Å². The molecule has 2 aromatic rings. The lowest BCUT2D eigenvalue weighted by Gasteiger charge is -2.07. The molecule has 0 bridgehead atoms. The maximum Gasteiger partial charge on any atom is 0.251 e. The molecule has 22 heavy (non-hydrogen) atoms. The average Bonchev–Trinajstić information content (AvgIpc) is 2.44. The lowest BCUT2D eigenvalue weighted by Crippen LogP contribution is -2.10. The van der Waals surface area contributed by atoms with Crippen LogP contribution in [0.15, 0.2) is 34.2 Å². The Balaban J connectivity index is 2.07. The number of benzene rings is 1. The quantitative estimate of drug-likeness (QED) is 0.569. The second-order valence-electron chi connectivity index (χ2n) is 4.93. The molecule has 0 fully saturated rings. The zero-order chi connectivity index (χ0) is 16.1. The van der Waals surface area contributed by atoms with Crippen molar-refractivity contribution < 1.29 is 0 Å². The van der Waals surface area contributed by atoms with Crippen molar-refractivity contribution in [2.75, 3.05) is 0 Å². The number of aromatic nitrogens is 2. The maximum absolute atomic E-state index is 11.7. The Bertz CT molecular complexity index is 704. The summed E-state index contributed by atoms with van der Waals surface area (Å²) in [6, 6.07) is 6.95. The SMILES string of the molecule is CC(C)SCc1cc(=O)[nH]c(SCc2ccc(Cl)cc2Cl)n1. The molecule has 3 nitrogen and oxygen atoms in total. The first-order chi connectivity index (χ1) is 10.4. The molecule has 0 aliphatic rings. The van der Waals surface area contributed by atoms with Crippen LogP contribution >= 0.6 is 46.7 Å². The third-order valence-electron chi connectivity index (χ3n) is 2.72. The van der Waals surface area contributed by atoms with E-state index in [0.29, 0.717) is 26.2 Å². The molecule has 0 saturated heterocycles. The van der Waals surface area contributed by atoms with Gasteiger partial charge < -0.3 is 4.98 Å². The van der Waals surface area contributed by atoms with Crippen LogP contribution < -0.4 is 5.56 Å². The van der Waals surface area contributed by atoms with Crippen LogP contribution in [0.5, 0.6) is 0 Å². The summed E-state index contributed by atoms with van der Waals surface area (Å²) in [6.07, 6.45) is 0. The first-order valence-electron chi connectivity index (χ1n) is 6.72. The predicted octanol–water partition coefficient (Wildman–Crippen LogP) is 5.01. The van der Waals surface area contributed by atoms with Gasteiger partial charge in [0.25, 0.3) is 5.56 Å². The normalized spacial score (nSPS) is 11.1. The molecule has 1 heterocycles. The van der Waals surface area contributed by atoms with E-state index in [-0.39, 0.29) is 5.56 Å².